The Bertz CT molecular complexity index is 449. The average Bonchev–Trinajstić information content (AvgIpc) is 2.69. The number of nitriles is 1. The second-order valence-electron chi connectivity index (χ2n) is 3.47. The zero-order valence-electron chi connectivity index (χ0n) is 9.49. The molecule has 0 aliphatic heterocycles. The molecule has 1 heterocycles. The molecule has 7 heteroatoms. The number of rotatable bonds is 4. The van der Waals surface area contributed by atoms with E-state index in [9.17, 15) is 15.0 Å². The van der Waals surface area contributed by atoms with E-state index >= 15 is 0 Å². The van der Waals surface area contributed by atoms with Crippen LogP contribution in [0.3, 0.4) is 0 Å². The number of aliphatic hydroxyl groups excluding tert-OH is 2. The van der Waals surface area contributed by atoms with E-state index in [2.05, 4.69) is 9.72 Å². The summed E-state index contributed by atoms with van der Waals surface area (Å²) in [6.07, 6.45) is -1.36. The highest BCUT2D eigenvalue weighted by atomic mass is 16.5. The van der Waals surface area contributed by atoms with E-state index in [1.54, 1.807) is 13.1 Å². The van der Waals surface area contributed by atoms with Gasteiger partial charge in [-0.3, -0.25) is 0 Å². The molecule has 0 saturated carbocycles. The summed E-state index contributed by atoms with van der Waals surface area (Å²) in [6.45, 7) is 0. The van der Waals surface area contributed by atoms with Crippen molar-refractivity contribution in [2.45, 2.75) is 18.6 Å². The number of ether oxygens (including phenoxy) is 1. The van der Waals surface area contributed by atoms with Crippen LogP contribution in [0.25, 0.3) is 0 Å². The summed E-state index contributed by atoms with van der Waals surface area (Å²) in [5.74, 6) is -0.619. The quantitative estimate of drug-likeness (QED) is 0.686. The molecule has 0 spiro atoms. The minimum absolute atomic E-state index is 0.0192. The Kier molecular flexibility index (Phi) is 4.20. The van der Waals surface area contributed by atoms with Gasteiger partial charge in [0.05, 0.1) is 31.4 Å². The Hall–Kier alpha value is -1.91. The van der Waals surface area contributed by atoms with Crippen LogP contribution in [0.2, 0.25) is 0 Å². The third-order valence-electron chi connectivity index (χ3n) is 2.23. The summed E-state index contributed by atoms with van der Waals surface area (Å²) in [7, 11) is 2.78. The standard InChI is InChI=1S/C10H13N3O4/c1-13-5-6(8(15)7(14)3-4-11)12-9(13)10(16)17-2/h5,7-8,14-15H,3H2,1-2H3. The lowest BCUT2D eigenvalue weighted by molar-refractivity contribution is 0.0191. The van der Waals surface area contributed by atoms with Crippen molar-refractivity contribution in [3.05, 3.63) is 17.7 Å². The maximum Gasteiger partial charge on any atom is 0.374 e. The first-order valence-electron chi connectivity index (χ1n) is 4.86. The smallest absolute Gasteiger partial charge is 0.374 e. The van der Waals surface area contributed by atoms with Gasteiger partial charge in [-0.25, -0.2) is 9.78 Å². The predicted molar refractivity (Wildman–Crippen MR) is 55.7 cm³/mol. The number of carbonyl (C=O) groups is 1. The number of imidazole rings is 1. The molecular weight excluding hydrogens is 226 g/mol. The third kappa shape index (κ3) is 2.81. The molecule has 2 unspecified atom stereocenters. The largest absolute Gasteiger partial charge is 0.463 e. The first kappa shape index (κ1) is 13.2. The fraction of sp³-hybridized carbons (Fsp3) is 0.500. The molecule has 17 heavy (non-hydrogen) atoms. The maximum atomic E-state index is 11.3. The van der Waals surface area contributed by atoms with Crippen molar-refractivity contribution in [3.63, 3.8) is 0 Å². The number of esters is 1. The van der Waals surface area contributed by atoms with E-state index in [1.165, 1.54) is 17.9 Å². The van der Waals surface area contributed by atoms with Gasteiger partial charge < -0.3 is 19.5 Å². The van der Waals surface area contributed by atoms with Crippen molar-refractivity contribution in [1.82, 2.24) is 9.55 Å². The number of hydrogen-bond acceptors (Lipinski definition) is 6. The fourth-order valence-electron chi connectivity index (χ4n) is 1.32. The van der Waals surface area contributed by atoms with Crippen LogP contribution >= 0.6 is 0 Å². The van der Waals surface area contributed by atoms with Crippen LogP contribution in [0.5, 0.6) is 0 Å². The third-order valence-corrected chi connectivity index (χ3v) is 2.23. The van der Waals surface area contributed by atoms with E-state index in [-0.39, 0.29) is 17.9 Å². The molecule has 1 aromatic rings. The summed E-state index contributed by atoms with van der Waals surface area (Å²) in [6, 6.07) is 1.74. The molecule has 2 atom stereocenters. The van der Waals surface area contributed by atoms with Crippen LogP contribution in [-0.2, 0) is 11.8 Å². The van der Waals surface area contributed by atoms with E-state index in [0.717, 1.165) is 0 Å². The number of nitrogens with zero attached hydrogens (tertiary/aromatic N) is 3. The zero-order chi connectivity index (χ0) is 13.0. The lowest BCUT2D eigenvalue weighted by Crippen LogP contribution is -2.18. The first-order valence-corrected chi connectivity index (χ1v) is 4.86. The summed E-state index contributed by atoms with van der Waals surface area (Å²) in [4.78, 5) is 15.1. The Morgan fingerprint density at radius 3 is 2.88 bits per heavy atom. The maximum absolute atomic E-state index is 11.3. The number of methoxy groups -OCH3 is 1. The van der Waals surface area contributed by atoms with Gasteiger partial charge in [-0.15, -0.1) is 0 Å². The number of aliphatic hydroxyl groups is 2. The summed E-state index contributed by atoms with van der Waals surface area (Å²) in [5.41, 5.74) is 0.121. The number of carbonyl (C=O) groups excluding carboxylic acids is 1. The molecule has 0 fully saturated rings. The second kappa shape index (κ2) is 5.43. The van der Waals surface area contributed by atoms with E-state index in [1.807, 2.05) is 0 Å². The van der Waals surface area contributed by atoms with Crippen LogP contribution in [0.4, 0.5) is 0 Å². The van der Waals surface area contributed by atoms with Gasteiger partial charge in [0.2, 0.25) is 5.82 Å². The second-order valence-corrected chi connectivity index (χ2v) is 3.47. The number of hydrogen-bond donors (Lipinski definition) is 2. The molecule has 0 radical (unpaired) electrons. The summed E-state index contributed by atoms with van der Waals surface area (Å²) in [5, 5.41) is 27.5. The molecule has 7 nitrogen and oxygen atoms in total. The fourth-order valence-corrected chi connectivity index (χ4v) is 1.32. The van der Waals surface area contributed by atoms with Gasteiger partial charge in [0.25, 0.3) is 0 Å². The van der Waals surface area contributed by atoms with Crippen molar-refractivity contribution in [3.8, 4) is 6.07 Å². The Labute approximate surface area is 97.9 Å². The molecule has 2 N–H and O–H groups in total. The molecule has 0 aliphatic carbocycles. The van der Waals surface area contributed by atoms with E-state index in [4.69, 9.17) is 5.26 Å². The Morgan fingerprint density at radius 2 is 2.35 bits per heavy atom. The average molecular weight is 239 g/mol. The molecular formula is C10H13N3O4. The molecule has 0 aromatic carbocycles. The SMILES string of the molecule is COC(=O)c1nc(C(O)C(O)CC#N)cn1C. The van der Waals surface area contributed by atoms with Crippen LogP contribution in [-0.4, -0.2) is 38.9 Å². The van der Waals surface area contributed by atoms with Crippen molar-refractivity contribution >= 4 is 5.97 Å². The minimum Gasteiger partial charge on any atom is -0.463 e. The molecule has 1 aromatic heterocycles. The van der Waals surface area contributed by atoms with Gasteiger partial charge in [0, 0.05) is 13.2 Å². The highest BCUT2D eigenvalue weighted by molar-refractivity contribution is 5.85. The van der Waals surface area contributed by atoms with E-state index in [0.29, 0.717) is 0 Å². The lowest BCUT2D eigenvalue weighted by atomic mass is 10.1. The minimum atomic E-state index is -1.31. The summed E-state index contributed by atoms with van der Waals surface area (Å²) >= 11 is 0. The van der Waals surface area contributed by atoms with Crippen LogP contribution in [0, 0.1) is 11.3 Å². The van der Waals surface area contributed by atoms with Gasteiger partial charge >= 0.3 is 5.97 Å². The van der Waals surface area contributed by atoms with Crippen molar-refractivity contribution in [1.29, 1.82) is 5.26 Å². The molecule has 0 saturated heterocycles. The van der Waals surface area contributed by atoms with Crippen LogP contribution in [0.1, 0.15) is 28.8 Å². The van der Waals surface area contributed by atoms with Crippen LogP contribution in [0.15, 0.2) is 6.20 Å². The highest BCUT2D eigenvalue weighted by Gasteiger charge is 2.23. The van der Waals surface area contributed by atoms with Crippen molar-refractivity contribution < 1.29 is 19.7 Å². The normalized spacial score (nSPS) is 13.8. The molecule has 0 bridgehead atoms. The summed E-state index contributed by atoms with van der Waals surface area (Å²) < 4.78 is 5.88. The Morgan fingerprint density at radius 1 is 1.71 bits per heavy atom. The first-order chi connectivity index (χ1) is 8.01. The van der Waals surface area contributed by atoms with Gasteiger partial charge in [-0.1, -0.05) is 0 Å². The predicted octanol–water partition coefficient (Wildman–Crippen LogP) is -0.485. The monoisotopic (exact) mass is 239 g/mol. The van der Waals surface area contributed by atoms with E-state index < -0.39 is 18.2 Å². The lowest BCUT2D eigenvalue weighted by Gasteiger charge is -2.11. The molecule has 1 rings (SSSR count). The Balaban J connectivity index is 2.94. The van der Waals surface area contributed by atoms with Crippen LogP contribution < -0.4 is 0 Å². The van der Waals surface area contributed by atoms with Gasteiger partial charge in [0.15, 0.2) is 0 Å². The highest BCUT2D eigenvalue weighted by Crippen LogP contribution is 2.18. The number of aromatic nitrogens is 2. The van der Waals surface area contributed by atoms with Gasteiger partial charge in [-0.2, -0.15) is 5.26 Å². The van der Waals surface area contributed by atoms with Crippen molar-refractivity contribution in [2.75, 3.05) is 7.11 Å². The molecule has 0 amide bonds. The van der Waals surface area contributed by atoms with Gasteiger partial charge in [-0.05, 0) is 0 Å². The molecule has 0 aliphatic rings. The number of aryl methyl sites for hydroxylation is 1. The zero-order valence-corrected chi connectivity index (χ0v) is 9.49. The molecule has 92 valence electrons. The van der Waals surface area contributed by atoms with Crippen molar-refractivity contribution in [2.24, 2.45) is 7.05 Å². The van der Waals surface area contributed by atoms with Gasteiger partial charge in [0.1, 0.15) is 6.10 Å². The topological polar surface area (TPSA) is 108 Å².